The van der Waals surface area contributed by atoms with E-state index in [4.69, 9.17) is 0 Å². The number of rotatable bonds is 13. The van der Waals surface area contributed by atoms with Crippen LogP contribution in [-0.2, 0) is 0 Å². The van der Waals surface area contributed by atoms with Crippen molar-refractivity contribution >= 4 is 39.2 Å². The number of unbranched alkanes of at least 4 members (excludes halogenated alkanes) is 1. The maximum Gasteiger partial charge on any atom is 0.0420 e. The van der Waals surface area contributed by atoms with Gasteiger partial charge in [-0.05, 0) is 96.9 Å². The number of hydrogen-bond donors (Lipinski definition) is 1. The summed E-state index contributed by atoms with van der Waals surface area (Å²) in [5, 5.41) is 6.27. The molecule has 0 saturated carbocycles. The van der Waals surface area contributed by atoms with Crippen molar-refractivity contribution in [3.63, 3.8) is 0 Å². The number of benzene rings is 6. The van der Waals surface area contributed by atoms with Gasteiger partial charge in [-0.1, -0.05) is 104 Å². The number of nitrogens with one attached hydrogen (secondary N) is 1. The van der Waals surface area contributed by atoms with Crippen LogP contribution < -0.4 is 15.1 Å². The Bertz CT molecular complexity index is 1720. The second kappa shape index (κ2) is 14.8. The van der Waals surface area contributed by atoms with Gasteiger partial charge in [0.05, 0.1) is 0 Å². The molecule has 0 radical (unpaired) electrons. The summed E-state index contributed by atoms with van der Waals surface area (Å²) < 4.78 is 0. The van der Waals surface area contributed by atoms with Crippen LogP contribution in [0.15, 0.2) is 146 Å². The molecule has 0 unspecified atom stereocenters. The molecule has 0 aromatic heterocycles. The first-order valence-corrected chi connectivity index (χ1v) is 16.8. The van der Waals surface area contributed by atoms with Gasteiger partial charge in [0.25, 0.3) is 0 Å². The molecular weight excluding hydrogens is 558 g/mol. The van der Waals surface area contributed by atoms with Crippen molar-refractivity contribution in [1.29, 1.82) is 0 Å². The van der Waals surface area contributed by atoms with Crippen molar-refractivity contribution in [2.45, 2.75) is 39.5 Å². The van der Waals surface area contributed by atoms with E-state index in [1.54, 1.807) is 0 Å². The molecule has 3 heteroatoms. The molecule has 0 fully saturated rings. The molecule has 6 rings (SSSR count). The van der Waals surface area contributed by atoms with Gasteiger partial charge >= 0.3 is 0 Å². The summed E-state index contributed by atoms with van der Waals surface area (Å²) in [6, 6.07) is 53.2. The second-order valence-corrected chi connectivity index (χ2v) is 11.8. The third kappa shape index (κ3) is 6.65. The molecule has 0 aliphatic rings. The smallest absolute Gasteiger partial charge is 0.0420 e. The van der Waals surface area contributed by atoms with Crippen LogP contribution in [0.2, 0.25) is 0 Å². The summed E-state index contributed by atoms with van der Waals surface area (Å²) in [6.45, 7) is 9.45. The van der Waals surface area contributed by atoms with E-state index in [0.29, 0.717) is 0 Å². The van der Waals surface area contributed by atoms with Crippen molar-refractivity contribution in [3.8, 4) is 0 Å². The third-order valence-electron chi connectivity index (χ3n) is 8.96. The molecule has 232 valence electrons. The molecule has 6 aromatic carbocycles. The molecule has 0 amide bonds. The Morgan fingerprint density at radius 1 is 0.478 bits per heavy atom. The Balaban J connectivity index is 1.43. The zero-order valence-electron chi connectivity index (χ0n) is 27.4. The highest BCUT2D eigenvalue weighted by atomic mass is 15.1. The van der Waals surface area contributed by atoms with Gasteiger partial charge in [0, 0.05) is 59.4 Å². The van der Waals surface area contributed by atoms with Crippen LogP contribution in [0, 0.1) is 0 Å². The molecule has 1 N–H and O–H groups in total. The van der Waals surface area contributed by atoms with Crippen molar-refractivity contribution in [1.82, 2.24) is 0 Å². The normalized spacial score (nSPS) is 11.1. The lowest BCUT2D eigenvalue weighted by Gasteiger charge is -2.27. The maximum absolute atomic E-state index is 3.71. The molecule has 6 aromatic rings. The molecular formula is C43H45N3. The van der Waals surface area contributed by atoms with E-state index in [-0.39, 0.29) is 5.92 Å². The lowest BCUT2D eigenvalue weighted by molar-refractivity contribution is 0.835. The van der Waals surface area contributed by atoms with Crippen molar-refractivity contribution in [2.24, 2.45) is 0 Å². The van der Waals surface area contributed by atoms with Crippen LogP contribution in [0.1, 0.15) is 56.2 Å². The molecule has 0 heterocycles. The number of hydrogen-bond acceptors (Lipinski definition) is 3. The van der Waals surface area contributed by atoms with Crippen molar-refractivity contribution in [2.75, 3.05) is 34.8 Å². The first-order valence-electron chi connectivity index (χ1n) is 16.8. The summed E-state index contributed by atoms with van der Waals surface area (Å²) in [6.07, 6.45) is 2.34. The predicted octanol–water partition coefficient (Wildman–Crippen LogP) is 11.5. The van der Waals surface area contributed by atoms with Gasteiger partial charge in [-0.25, -0.2) is 0 Å². The SMILES string of the molecule is CCCCNc1ccc(C(c2ccc(N(CC)c3ccccc3)cc2)c2ccc(N(CC)c3ccccc3)cc2)c2ccccc12. The van der Waals surface area contributed by atoms with Gasteiger partial charge < -0.3 is 15.1 Å². The summed E-state index contributed by atoms with van der Waals surface area (Å²) in [5.74, 6) is 0.0799. The average Bonchev–Trinajstić information content (AvgIpc) is 3.12. The summed E-state index contributed by atoms with van der Waals surface area (Å²) >= 11 is 0. The minimum absolute atomic E-state index is 0.0799. The van der Waals surface area contributed by atoms with Crippen LogP contribution >= 0.6 is 0 Å². The quantitative estimate of drug-likeness (QED) is 0.105. The monoisotopic (exact) mass is 603 g/mol. The Morgan fingerprint density at radius 2 is 0.935 bits per heavy atom. The largest absolute Gasteiger partial charge is 0.385 e. The molecule has 0 spiro atoms. The van der Waals surface area contributed by atoms with E-state index in [1.807, 2.05) is 0 Å². The highest BCUT2D eigenvalue weighted by molar-refractivity contribution is 5.97. The summed E-state index contributed by atoms with van der Waals surface area (Å²) in [4.78, 5) is 4.73. The fourth-order valence-corrected chi connectivity index (χ4v) is 6.62. The lowest BCUT2D eigenvalue weighted by Crippen LogP contribution is -2.16. The first kappa shape index (κ1) is 31.0. The van der Waals surface area contributed by atoms with Crippen LogP contribution in [-0.4, -0.2) is 19.6 Å². The molecule has 0 saturated heterocycles. The van der Waals surface area contributed by atoms with E-state index in [9.17, 15) is 0 Å². The molecule has 0 aliphatic carbocycles. The van der Waals surface area contributed by atoms with Crippen LogP contribution in [0.5, 0.6) is 0 Å². The van der Waals surface area contributed by atoms with Crippen LogP contribution in [0.3, 0.4) is 0 Å². The van der Waals surface area contributed by atoms with Gasteiger partial charge in [-0.3, -0.25) is 0 Å². The highest BCUT2D eigenvalue weighted by Crippen LogP contribution is 2.40. The molecule has 0 atom stereocenters. The van der Waals surface area contributed by atoms with Gasteiger partial charge in [-0.15, -0.1) is 0 Å². The Hall–Kier alpha value is -5.02. The average molecular weight is 604 g/mol. The summed E-state index contributed by atoms with van der Waals surface area (Å²) in [5.41, 5.74) is 9.92. The number of nitrogens with zero attached hydrogens (tertiary/aromatic N) is 2. The lowest BCUT2D eigenvalue weighted by atomic mass is 9.82. The highest BCUT2D eigenvalue weighted by Gasteiger charge is 2.21. The van der Waals surface area contributed by atoms with E-state index in [0.717, 1.165) is 26.1 Å². The van der Waals surface area contributed by atoms with E-state index in [2.05, 4.69) is 181 Å². The van der Waals surface area contributed by atoms with E-state index < -0.39 is 0 Å². The van der Waals surface area contributed by atoms with E-state index in [1.165, 1.54) is 62.3 Å². The molecule has 46 heavy (non-hydrogen) atoms. The van der Waals surface area contributed by atoms with Gasteiger partial charge in [-0.2, -0.15) is 0 Å². The molecule has 0 bridgehead atoms. The summed E-state index contributed by atoms with van der Waals surface area (Å²) in [7, 11) is 0. The fraction of sp³-hybridized carbons (Fsp3) is 0.209. The van der Waals surface area contributed by atoms with Crippen molar-refractivity contribution in [3.05, 3.63) is 162 Å². The Kier molecular flexibility index (Phi) is 10.00. The minimum Gasteiger partial charge on any atom is -0.385 e. The third-order valence-corrected chi connectivity index (χ3v) is 8.96. The number of fused-ring (bicyclic) bond motifs is 1. The second-order valence-electron chi connectivity index (χ2n) is 11.8. The topological polar surface area (TPSA) is 18.5 Å². The van der Waals surface area contributed by atoms with Gasteiger partial charge in [0.15, 0.2) is 0 Å². The first-order chi connectivity index (χ1) is 22.7. The number of para-hydroxylation sites is 2. The van der Waals surface area contributed by atoms with E-state index >= 15 is 0 Å². The van der Waals surface area contributed by atoms with Gasteiger partial charge in [0.1, 0.15) is 0 Å². The molecule has 3 nitrogen and oxygen atoms in total. The van der Waals surface area contributed by atoms with Gasteiger partial charge in [0.2, 0.25) is 0 Å². The maximum atomic E-state index is 3.71. The standard InChI is InChI=1S/C43H45N3/c1-4-7-32-44-42-31-30-41(39-20-14-15-21-40(39)42)43(33-22-26-37(27-23-33)45(5-2)35-16-10-8-11-17-35)34-24-28-38(29-25-34)46(6-3)36-18-12-9-13-19-36/h8-31,43-44H,4-7,32H2,1-3H3. The minimum atomic E-state index is 0.0799. The predicted molar refractivity (Wildman–Crippen MR) is 199 cm³/mol. The zero-order chi connectivity index (χ0) is 31.7. The fourth-order valence-electron chi connectivity index (χ4n) is 6.62. The Morgan fingerprint density at radius 3 is 1.41 bits per heavy atom. The van der Waals surface area contributed by atoms with Crippen molar-refractivity contribution < 1.29 is 0 Å². The zero-order valence-corrected chi connectivity index (χ0v) is 27.4. The Labute approximate surface area is 275 Å². The molecule has 0 aliphatic heterocycles. The number of anilines is 5. The van der Waals surface area contributed by atoms with Crippen LogP contribution in [0.25, 0.3) is 10.8 Å². The van der Waals surface area contributed by atoms with Crippen LogP contribution in [0.4, 0.5) is 28.4 Å².